The van der Waals surface area contributed by atoms with E-state index in [1.54, 1.807) is 0 Å². The number of fused-ring (bicyclic) bond motifs is 2. The minimum atomic E-state index is 0.217. The van der Waals surface area contributed by atoms with Crippen molar-refractivity contribution in [2.75, 3.05) is 19.7 Å². The third kappa shape index (κ3) is 2.27. The number of nitrogens with zero attached hydrogens (tertiary/aromatic N) is 1. The van der Waals surface area contributed by atoms with Crippen LogP contribution in [0.3, 0.4) is 0 Å². The Labute approximate surface area is 125 Å². The molecule has 4 nitrogen and oxygen atoms in total. The zero-order valence-corrected chi connectivity index (χ0v) is 12.3. The Balaban J connectivity index is 1.65. The lowest BCUT2D eigenvalue weighted by Gasteiger charge is -2.38. The number of benzene rings is 1. The smallest absolute Gasteiger partial charge is 0.254 e. The lowest BCUT2D eigenvalue weighted by Crippen LogP contribution is -2.51. The average Bonchev–Trinajstić information content (AvgIpc) is 3.02. The molecule has 112 valence electrons. The van der Waals surface area contributed by atoms with Gasteiger partial charge in [-0.25, -0.2) is 0 Å². The highest BCUT2D eigenvalue weighted by Gasteiger charge is 2.39. The third-order valence-electron chi connectivity index (χ3n) is 5.11. The third-order valence-corrected chi connectivity index (χ3v) is 5.11. The SMILES string of the molecule is O=C(c1cccc2c1CCNC2)N1CCOC2CCCC21. The molecule has 1 aromatic carbocycles. The van der Waals surface area contributed by atoms with Crippen LogP contribution >= 0.6 is 0 Å². The van der Waals surface area contributed by atoms with E-state index in [0.29, 0.717) is 12.6 Å². The van der Waals surface area contributed by atoms with Crippen LogP contribution in [0.1, 0.15) is 40.7 Å². The van der Waals surface area contributed by atoms with Gasteiger partial charge in [-0.05, 0) is 49.4 Å². The van der Waals surface area contributed by atoms with Gasteiger partial charge in [0.2, 0.25) is 0 Å². The van der Waals surface area contributed by atoms with Crippen molar-refractivity contribution in [3.05, 3.63) is 34.9 Å². The monoisotopic (exact) mass is 286 g/mol. The molecule has 1 N–H and O–H groups in total. The number of nitrogens with one attached hydrogen (secondary N) is 1. The van der Waals surface area contributed by atoms with Crippen LogP contribution in [0.5, 0.6) is 0 Å². The minimum absolute atomic E-state index is 0.217. The number of carbonyl (C=O) groups excluding carboxylic acids is 1. The first-order valence-corrected chi connectivity index (χ1v) is 8.08. The standard InChI is InChI=1S/C17H22N2O2/c20-17(19-9-10-21-16-6-2-5-15(16)19)14-4-1-3-12-11-18-8-7-13(12)14/h1,3-4,15-16,18H,2,5-11H2. The van der Waals surface area contributed by atoms with Crippen LogP contribution < -0.4 is 5.32 Å². The summed E-state index contributed by atoms with van der Waals surface area (Å²) in [4.78, 5) is 15.1. The number of carbonyl (C=O) groups is 1. The van der Waals surface area contributed by atoms with Gasteiger partial charge in [0.15, 0.2) is 0 Å². The molecule has 1 saturated heterocycles. The summed E-state index contributed by atoms with van der Waals surface area (Å²) >= 11 is 0. The van der Waals surface area contributed by atoms with Crippen molar-refractivity contribution in [2.45, 2.75) is 44.4 Å². The largest absolute Gasteiger partial charge is 0.374 e. The Hall–Kier alpha value is -1.39. The molecule has 3 aliphatic rings. The summed E-state index contributed by atoms with van der Waals surface area (Å²) in [7, 11) is 0. The number of hydrogen-bond donors (Lipinski definition) is 1. The van der Waals surface area contributed by atoms with Gasteiger partial charge in [0.1, 0.15) is 0 Å². The maximum atomic E-state index is 13.1. The first kappa shape index (κ1) is 13.3. The Morgan fingerprint density at radius 2 is 2.29 bits per heavy atom. The predicted octanol–water partition coefficient (Wildman–Crippen LogP) is 1.73. The molecule has 2 aliphatic heterocycles. The zero-order valence-electron chi connectivity index (χ0n) is 12.3. The highest BCUT2D eigenvalue weighted by Crippen LogP contribution is 2.31. The van der Waals surface area contributed by atoms with Gasteiger partial charge in [-0.2, -0.15) is 0 Å². The zero-order chi connectivity index (χ0) is 14.2. The van der Waals surface area contributed by atoms with Gasteiger partial charge in [0.05, 0.1) is 18.8 Å². The second-order valence-corrected chi connectivity index (χ2v) is 6.28. The number of morpholine rings is 1. The lowest BCUT2D eigenvalue weighted by molar-refractivity contribution is -0.0445. The van der Waals surface area contributed by atoms with Crippen molar-refractivity contribution in [2.24, 2.45) is 0 Å². The molecule has 0 aromatic heterocycles. The first-order chi connectivity index (χ1) is 10.3. The van der Waals surface area contributed by atoms with Crippen molar-refractivity contribution < 1.29 is 9.53 Å². The fraction of sp³-hybridized carbons (Fsp3) is 0.588. The molecule has 2 unspecified atom stereocenters. The maximum absolute atomic E-state index is 13.1. The summed E-state index contributed by atoms with van der Waals surface area (Å²) in [6.45, 7) is 3.27. The molecule has 2 fully saturated rings. The van der Waals surface area contributed by atoms with Crippen LogP contribution in [0.2, 0.25) is 0 Å². The molecule has 2 atom stereocenters. The van der Waals surface area contributed by atoms with E-state index in [1.807, 2.05) is 12.1 Å². The minimum Gasteiger partial charge on any atom is -0.374 e. The molecule has 1 amide bonds. The molecule has 0 radical (unpaired) electrons. The van der Waals surface area contributed by atoms with Crippen LogP contribution in [-0.2, 0) is 17.7 Å². The Kier molecular flexibility index (Phi) is 3.43. The Bertz CT molecular complexity index is 558. The number of amides is 1. The van der Waals surface area contributed by atoms with Crippen molar-refractivity contribution in [1.82, 2.24) is 10.2 Å². The van der Waals surface area contributed by atoms with E-state index < -0.39 is 0 Å². The fourth-order valence-corrected chi connectivity index (χ4v) is 4.06. The molecule has 0 bridgehead atoms. The lowest BCUT2D eigenvalue weighted by atomic mass is 9.94. The van der Waals surface area contributed by atoms with Gasteiger partial charge in [0, 0.05) is 18.7 Å². The number of rotatable bonds is 1. The molecule has 1 aliphatic carbocycles. The second-order valence-electron chi connectivity index (χ2n) is 6.28. The average molecular weight is 286 g/mol. The van der Waals surface area contributed by atoms with Gasteiger partial charge in [-0.15, -0.1) is 0 Å². The molecular weight excluding hydrogens is 264 g/mol. The fourth-order valence-electron chi connectivity index (χ4n) is 4.06. The molecule has 4 heteroatoms. The second kappa shape index (κ2) is 5.43. The van der Waals surface area contributed by atoms with Gasteiger partial charge in [-0.3, -0.25) is 4.79 Å². The molecular formula is C17H22N2O2. The normalized spacial score (nSPS) is 28.1. The number of hydrogen-bond acceptors (Lipinski definition) is 3. The van der Waals surface area contributed by atoms with Crippen LogP contribution in [0, 0.1) is 0 Å². The molecule has 1 saturated carbocycles. The van der Waals surface area contributed by atoms with E-state index in [-0.39, 0.29) is 12.0 Å². The number of ether oxygens (including phenoxy) is 1. The van der Waals surface area contributed by atoms with Crippen molar-refractivity contribution in [3.63, 3.8) is 0 Å². The molecule has 0 spiro atoms. The molecule has 1 aromatic rings. The summed E-state index contributed by atoms with van der Waals surface area (Å²) in [5, 5.41) is 3.38. The van der Waals surface area contributed by atoms with Crippen LogP contribution in [-0.4, -0.2) is 42.6 Å². The highest BCUT2D eigenvalue weighted by atomic mass is 16.5. The Morgan fingerprint density at radius 1 is 1.33 bits per heavy atom. The quantitative estimate of drug-likeness (QED) is 0.855. The van der Waals surface area contributed by atoms with Crippen molar-refractivity contribution >= 4 is 5.91 Å². The topological polar surface area (TPSA) is 41.6 Å². The van der Waals surface area contributed by atoms with E-state index in [4.69, 9.17) is 4.74 Å². The summed E-state index contributed by atoms with van der Waals surface area (Å²) in [6.07, 6.45) is 4.59. The Morgan fingerprint density at radius 3 is 3.24 bits per heavy atom. The van der Waals surface area contributed by atoms with Gasteiger partial charge >= 0.3 is 0 Å². The predicted molar refractivity (Wildman–Crippen MR) is 80.3 cm³/mol. The summed E-state index contributed by atoms with van der Waals surface area (Å²) in [5.41, 5.74) is 3.45. The maximum Gasteiger partial charge on any atom is 0.254 e. The summed E-state index contributed by atoms with van der Waals surface area (Å²) in [6, 6.07) is 6.46. The van der Waals surface area contributed by atoms with Gasteiger partial charge < -0.3 is 15.0 Å². The van der Waals surface area contributed by atoms with Crippen molar-refractivity contribution in [1.29, 1.82) is 0 Å². The van der Waals surface area contributed by atoms with E-state index >= 15 is 0 Å². The van der Waals surface area contributed by atoms with Crippen LogP contribution in [0.4, 0.5) is 0 Å². The van der Waals surface area contributed by atoms with Crippen molar-refractivity contribution in [3.8, 4) is 0 Å². The summed E-state index contributed by atoms with van der Waals surface area (Å²) in [5.74, 6) is 0.217. The van der Waals surface area contributed by atoms with Gasteiger partial charge in [0.25, 0.3) is 5.91 Å². The molecule has 21 heavy (non-hydrogen) atoms. The summed E-state index contributed by atoms with van der Waals surface area (Å²) < 4.78 is 5.83. The van der Waals surface area contributed by atoms with Crippen LogP contribution in [0.25, 0.3) is 0 Å². The molecule has 4 rings (SSSR count). The first-order valence-electron chi connectivity index (χ1n) is 8.08. The van der Waals surface area contributed by atoms with E-state index in [9.17, 15) is 4.79 Å². The van der Waals surface area contributed by atoms with Crippen LogP contribution in [0.15, 0.2) is 18.2 Å². The van der Waals surface area contributed by atoms with E-state index in [1.165, 1.54) is 17.5 Å². The highest BCUT2D eigenvalue weighted by molar-refractivity contribution is 5.96. The van der Waals surface area contributed by atoms with E-state index in [0.717, 1.165) is 44.5 Å². The molecule has 2 heterocycles. The van der Waals surface area contributed by atoms with E-state index in [2.05, 4.69) is 16.3 Å². The van der Waals surface area contributed by atoms with Gasteiger partial charge in [-0.1, -0.05) is 12.1 Å².